The number of nitrogens with zero attached hydrogens (tertiary/aromatic N) is 3. The first kappa shape index (κ1) is 38.1. The lowest BCUT2D eigenvalue weighted by Gasteiger charge is -2.35. The van der Waals surface area contributed by atoms with Gasteiger partial charge in [-0.15, -0.1) is 4.36 Å². The summed E-state index contributed by atoms with van der Waals surface area (Å²) in [6.07, 6.45) is 1.58. The molecule has 0 unspecified atom stereocenters. The Morgan fingerprint density at radius 2 is 1.83 bits per heavy atom. The molecule has 2 aromatic rings. The maximum absolute atomic E-state index is 14.3. The van der Waals surface area contributed by atoms with Crippen molar-refractivity contribution in [2.75, 3.05) is 36.2 Å². The minimum Gasteiger partial charge on any atom is -0.442 e. The molecule has 3 rings (SSSR count). The van der Waals surface area contributed by atoms with Gasteiger partial charge in [0.2, 0.25) is 5.92 Å². The summed E-state index contributed by atoms with van der Waals surface area (Å²) in [5, 5.41) is 2.86. The minimum absolute atomic E-state index is 0.0230. The van der Waals surface area contributed by atoms with E-state index in [1.54, 1.807) is 57.0 Å². The van der Waals surface area contributed by atoms with Crippen molar-refractivity contribution in [3.8, 4) is 11.8 Å². The molecule has 0 bridgehead atoms. The van der Waals surface area contributed by atoms with E-state index in [4.69, 9.17) is 9.16 Å². The highest BCUT2D eigenvalue weighted by atomic mass is 32.2. The van der Waals surface area contributed by atoms with Crippen LogP contribution < -0.4 is 10.2 Å². The van der Waals surface area contributed by atoms with Gasteiger partial charge in [0.15, 0.2) is 8.32 Å². The van der Waals surface area contributed by atoms with Crippen molar-refractivity contribution in [3.63, 3.8) is 0 Å². The number of amides is 2. The van der Waals surface area contributed by atoms with Gasteiger partial charge in [-0.05, 0) is 76.0 Å². The SMILES string of the molecule is Cc1c(C#CCO[Si](C)(C)C(C)(C)C)cnc(N2CCCC(F)(F)CC2)c1C(=O)Nc1cccc([S@@](C)(=O)=NC(=O)OC(C)(C)C)c1. The molecule has 2 heterocycles. The van der Waals surface area contributed by atoms with Gasteiger partial charge < -0.3 is 19.4 Å². The standard InChI is InChI=1S/C34H48F2N4O5SSi/c1-24-25(14-12-21-44-47(9,10)33(5,6)7)23-37-29(40-19-13-17-34(35,36)18-20-40)28(24)30(41)38-26-15-11-16-27(22-26)46(8,43)39-31(42)45-32(2,3)4/h11,15-16,22-23H,13,17-21H2,1-10H3,(H,38,41)/t46-/m1/s1. The molecule has 0 spiro atoms. The number of hydrogen-bond acceptors (Lipinski definition) is 7. The fraction of sp³-hybridized carbons (Fsp3) is 0.559. The number of aromatic nitrogens is 1. The normalized spacial score (nSPS) is 16.6. The Bertz CT molecular complexity index is 1680. The van der Waals surface area contributed by atoms with E-state index in [0.29, 0.717) is 23.4 Å². The van der Waals surface area contributed by atoms with Gasteiger partial charge in [-0.25, -0.2) is 22.8 Å². The second kappa shape index (κ2) is 14.4. The molecule has 2 amide bonds. The van der Waals surface area contributed by atoms with Crippen molar-refractivity contribution in [2.24, 2.45) is 4.36 Å². The van der Waals surface area contributed by atoms with Gasteiger partial charge in [-0.3, -0.25) is 4.79 Å². The summed E-state index contributed by atoms with van der Waals surface area (Å²) in [5.41, 5.74) is 0.745. The zero-order valence-electron chi connectivity index (χ0n) is 29.2. The fourth-order valence-electron chi connectivity index (χ4n) is 4.55. The van der Waals surface area contributed by atoms with E-state index >= 15 is 0 Å². The van der Waals surface area contributed by atoms with Crippen LogP contribution >= 0.6 is 0 Å². The number of carbonyl (C=O) groups is 2. The third-order valence-electron chi connectivity index (χ3n) is 8.27. The van der Waals surface area contributed by atoms with Crippen LogP contribution in [0.2, 0.25) is 18.1 Å². The maximum atomic E-state index is 14.3. The molecule has 1 fully saturated rings. The van der Waals surface area contributed by atoms with Crippen molar-refractivity contribution in [2.45, 2.75) is 102 Å². The summed E-state index contributed by atoms with van der Waals surface area (Å²) >= 11 is 0. The van der Waals surface area contributed by atoms with E-state index in [1.165, 1.54) is 12.3 Å². The van der Waals surface area contributed by atoms with Crippen molar-refractivity contribution in [3.05, 3.63) is 47.2 Å². The molecule has 1 atom stereocenters. The Hall–Kier alpha value is -3.34. The van der Waals surface area contributed by atoms with Gasteiger partial charge in [0.25, 0.3) is 5.91 Å². The van der Waals surface area contributed by atoms with Crippen molar-refractivity contribution >= 4 is 41.6 Å². The van der Waals surface area contributed by atoms with E-state index in [1.807, 2.05) is 0 Å². The molecule has 1 aliphatic rings. The van der Waals surface area contributed by atoms with Crippen LogP contribution in [0.1, 0.15) is 82.3 Å². The number of nitrogens with one attached hydrogen (secondary N) is 1. The average Bonchev–Trinajstić information content (AvgIpc) is 3.09. The van der Waals surface area contributed by atoms with Gasteiger partial charge >= 0.3 is 6.09 Å². The van der Waals surface area contributed by atoms with Crippen LogP contribution in [0.5, 0.6) is 0 Å². The third kappa shape index (κ3) is 10.6. The van der Waals surface area contributed by atoms with Crippen LogP contribution in [0.15, 0.2) is 39.7 Å². The molecular formula is C34H48F2N4O5SSi. The van der Waals surface area contributed by atoms with Gasteiger partial charge in [-0.1, -0.05) is 38.7 Å². The highest BCUT2D eigenvalue weighted by molar-refractivity contribution is 7.93. The van der Waals surface area contributed by atoms with Crippen LogP contribution in [-0.4, -0.2) is 67.0 Å². The van der Waals surface area contributed by atoms with Gasteiger partial charge in [0, 0.05) is 54.5 Å². The lowest BCUT2D eigenvalue weighted by molar-refractivity contribution is -0.0102. The average molecular weight is 691 g/mol. The number of alkyl halides is 2. The number of hydrogen-bond donors (Lipinski definition) is 1. The lowest BCUT2D eigenvalue weighted by Crippen LogP contribution is -2.40. The van der Waals surface area contributed by atoms with Gasteiger partial charge in [-0.2, -0.15) is 0 Å². The Kier molecular flexibility index (Phi) is 11.7. The van der Waals surface area contributed by atoms with E-state index in [-0.39, 0.29) is 53.7 Å². The molecular weight excluding hydrogens is 643 g/mol. The number of ether oxygens (including phenoxy) is 1. The van der Waals surface area contributed by atoms with E-state index in [2.05, 4.69) is 60.4 Å². The first-order chi connectivity index (χ1) is 21.5. The first-order valence-corrected chi connectivity index (χ1v) is 20.5. The predicted molar refractivity (Wildman–Crippen MR) is 185 cm³/mol. The van der Waals surface area contributed by atoms with E-state index in [9.17, 15) is 22.6 Å². The van der Waals surface area contributed by atoms with Crippen LogP contribution in [0.4, 0.5) is 25.1 Å². The molecule has 1 aromatic carbocycles. The largest absolute Gasteiger partial charge is 0.442 e. The Balaban J connectivity index is 1.99. The zero-order valence-corrected chi connectivity index (χ0v) is 31.0. The smallest absolute Gasteiger partial charge is 0.442 e. The van der Waals surface area contributed by atoms with Crippen LogP contribution in [-0.2, 0) is 18.9 Å². The lowest BCUT2D eigenvalue weighted by atomic mass is 10.0. The highest BCUT2D eigenvalue weighted by Crippen LogP contribution is 2.36. The fourth-order valence-corrected chi connectivity index (χ4v) is 6.52. The summed E-state index contributed by atoms with van der Waals surface area (Å²) < 4.78 is 57.1. The molecule has 1 aliphatic heterocycles. The molecule has 1 N–H and O–H groups in total. The quantitative estimate of drug-likeness (QED) is 0.241. The van der Waals surface area contributed by atoms with Crippen LogP contribution in [0, 0.1) is 18.8 Å². The van der Waals surface area contributed by atoms with E-state index in [0.717, 1.165) is 0 Å². The zero-order chi connectivity index (χ0) is 35.4. The second-order valence-corrected chi connectivity index (χ2v) is 21.5. The monoisotopic (exact) mass is 690 g/mol. The molecule has 0 saturated carbocycles. The molecule has 0 aliphatic carbocycles. The molecule has 47 heavy (non-hydrogen) atoms. The number of halogens is 2. The molecule has 9 nitrogen and oxygen atoms in total. The highest BCUT2D eigenvalue weighted by Gasteiger charge is 2.37. The topological polar surface area (TPSA) is 110 Å². The van der Waals surface area contributed by atoms with Crippen molar-refractivity contribution in [1.82, 2.24) is 4.98 Å². The number of anilines is 2. The van der Waals surface area contributed by atoms with Gasteiger partial charge in [0.1, 0.15) is 11.4 Å². The third-order valence-corrected chi connectivity index (χ3v) is 14.4. The number of carbonyl (C=O) groups excluding carboxylic acids is 2. The first-order valence-electron chi connectivity index (χ1n) is 15.6. The Morgan fingerprint density at radius 1 is 1.15 bits per heavy atom. The maximum Gasteiger partial charge on any atom is 0.442 e. The summed E-state index contributed by atoms with van der Waals surface area (Å²) in [5.74, 6) is 3.10. The second-order valence-electron chi connectivity index (χ2n) is 14.4. The van der Waals surface area contributed by atoms with Crippen molar-refractivity contribution in [1.29, 1.82) is 0 Å². The molecule has 1 aromatic heterocycles. The number of rotatable bonds is 6. The van der Waals surface area contributed by atoms with Crippen LogP contribution in [0.3, 0.4) is 0 Å². The van der Waals surface area contributed by atoms with E-state index < -0.39 is 41.6 Å². The molecule has 13 heteroatoms. The number of benzene rings is 1. The predicted octanol–water partition coefficient (Wildman–Crippen LogP) is 8.03. The summed E-state index contributed by atoms with van der Waals surface area (Å²) in [7, 11) is -5.23. The molecule has 1 saturated heterocycles. The Labute approximate surface area is 279 Å². The van der Waals surface area contributed by atoms with Crippen molar-refractivity contribution < 1.29 is 31.7 Å². The Morgan fingerprint density at radius 3 is 2.47 bits per heavy atom. The minimum atomic E-state index is -3.21. The summed E-state index contributed by atoms with van der Waals surface area (Å²) in [6.45, 7) is 18.1. The summed E-state index contributed by atoms with van der Waals surface area (Å²) in [4.78, 5) is 32.8. The van der Waals surface area contributed by atoms with Gasteiger partial charge in [0.05, 0.1) is 21.9 Å². The molecule has 258 valence electrons. The van der Waals surface area contributed by atoms with Crippen LogP contribution in [0.25, 0.3) is 0 Å². The number of pyridine rings is 1. The summed E-state index contributed by atoms with van der Waals surface area (Å²) in [6, 6.07) is 6.22. The molecule has 0 radical (unpaired) electrons.